The second kappa shape index (κ2) is 7.31. The number of nitrogens with zero attached hydrogens (tertiary/aromatic N) is 3. The van der Waals surface area contributed by atoms with Crippen molar-refractivity contribution in [1.29, 1.82) is 0 Å². The molecule has 3 aromatic rings. The Morgan fingerprint density at radius 3 is 2.88 bits per heavy atom. The van der Waals surface area contributed by atoms with E-state index in [2.05, 4.69) is 15.0 Å². The fraction of sp³-hybridized carbons (Fsp3) is 0.125. The number of nitrogens with one attached hydrogen (secondary N) is 2. The molecule has 0 aliphatic rings. The molecule has 0 aliphatic carbocycles. The summed E-state index contributed by atoms with van der Waals surface area (Å²) in [4.78, 5) is 27.6. The minimum absolute atomic E-state index is 0.121. The first-order valence-corrected chi connectivity index (χ1v) is 8.27. The first-order chi connectivity index (χ1) is 12.5. The summed E-state index contributed by atoms with van der Waals surface area (Å²) in [6, 6.07) is 9.14. The van der Waals surface area contributed by atoms with E-state index in [1.807, 2.05) is 29.8 Å². The molecule has 3 rings (SSSR count). The first-order valence-electron chi connectivity index (χ1n) is 7.46. The first kappa shape index (κ1) is 17.5. The number of benzene rings is 2. The number of methoxy groups -OCH3 is 1. The minimum Gasteiger partial charge on any atom is -0.494 e. The Morgan fingerprint density at radius 1 is 1.35 bits per heavy atom. The van der Waals surface area contributed by atoms with Crippen LogP contribution in [0.25, 0.3) is 11.0 Å². The van der Waals surface area contributed by atoms with Crippen LogP contribution in [0, 0.1) is 10.1 Å². The van der Waals surface area contributed by atoms with Gasteiger partial charge < -0.3 is 14.6 Å². The number of aryl methyl sites for hydroxylation is 1. The van der Waals surface area contributed by atoms with Crippen LogP contribution in [0.15, 0.2) is 47.6 Å². The molecule has 0 spiro atoms. The van der Waals surface area contributed by atoms with Crippen LogP contribution in [-0.4, -0.2) is 27.6 Å². The van der Waals surface area contributed by atoms with Gasteiger partial charge in [0.05, 0.1) is 40.5 Å². The predicted octanol–water partition coefficient (Wildman–Crippen LogP) is 3.32. The van der Waals surface area contributed by atoms with Gasteiger partial charge in [-0.25, -0.2) is 9.78 Å². The molecule has 134 valence electrons. The molecule has 0 aliphatic heterocycles. The Morgan fingerprint density at radius 2 is 2.15 bits per heavy atom. The van der Waals surface area contributed by atoms with Gasteiger partial charge in [-0.15, -0.1) is 0 Å². The second-order valence-electron chi connectivity index (χ2n) is 5.28. The highest BCUT2D eigenvalue weighted by Crippen LogP contribution is 2.29. The van der Waals surface area contributed by atoms with Crippen molar-refractivity contribution < 1.29 is 14.5 Å². The highest BCUT2D eigenvalue weighted by molar-refractivity contribution is 7.98. The Balaban J connectivity index is 1.70. The van der Waals surface area contributed by atoms with E-state index >= 15 is 0 Å². The van der Waals surface area contributed by atoms with Gasteiger partial charge in [-0.1, -0.05) is 6.07 Å². The summed E-state index contributed by atoms with van der Waals surface area (Å²) in [5.74, 6) is 0.200. The van der Waals surface area contributed by atoms with Gasteiger partial charge in [0.15, 0.2) is 0 Å². The molecule has 0 saturated carbocycles. The zero-order valence-electron chi connectivity index (χ0n) is 13.9. The quantitative estimate of drug-likeness (QED) is 0.403. The van der Waals surface area contributed by atoms with Gasteiger partial charge in [-0.2, -0.15) is 0 Å². The minimum atomic E-state index is -0.532. The molecule has 1 heterocycles. The second-order valence-corrected chi connectivity index (χ2v) is 6.13. The molecule has 2 amide bonds. The molecule has 2 aromatic carbocycles. The number of ether oxygens (including phenoxy) is 1. The molecule has 0 radical (unpaired) electrons. The summed E-state index contributed by atoms with van der Waals surface area (Å²) in [7, 11) is 3.27. The van der Waals surface area contributed by atoms with Gasteiger partial charge in [0, 0.05) is 13.1 Å². The molecule has 0 fully saturated rings. The number of imidazole rings is 1. The number of urea groups is 1. The van der Waals surface area contributed by atoms with E-state index in [9.17, 15) is 14.9 Å². The van der Waals surface area contributed by atoms with Crippen LogP contribution in [0.1, 0.15) is 0 Å². The van der Waals surface area contributed by atoms with Crippen molar-refractivity contribution in [1.82, 2.24) is 14.3 Å². The van der Waals surface area contributed by atoms with E-state index < -0.39 is 11.0 Å². The number of fused-ring (bicyclic) bond motifs is 1. The SMILES string of the molecule is COc1cc([N+](=O)[O-])ccc1NC(=O)NSc1cccc2c1ncn2C. The monoisotopic (exact) mass is 373 g/mol. The van der Waals surface area contributed by atoms with E-state index in [4.69, 9.17) is 4.74 Å². The number of anilines is 1. The maximum atomic E-state index is 12.2. The zero-order chi connectivity index (χ0) is 18.7. The number of hydrogen-bond acceptors (Lipinski definition) is 6. The average molecular weight is 373 g/mol. The third kappa shape index (κ3) is 3.54. The molecule has 1 aromatic heterocycles. The van der Waals surface area contributed by atoms with Crippen LogP contribution in [-0.2, 0) is 7.05 Å². The standard InChI is InChI=1S/C16H15N5O4S/c1-20-9-17-15-12(20)4-3-5-14(15)26-19-16(22)18-11-7-6-10(21(23)24)8-13(11)25-2/h3-9H,1-2H3,(H2,18,19,22). The molecule has 26 heavy (non-hydrogen) atoms. The third-order valence-corrected chi connectivity index (χ3v) is 4.45. The largest absolute Gasteiger partial charge is 0.494 e. The van der Waals surface area contributed by atoms with Crippen molar-refractivity contribution in [3.63, 3.8) is 0 Å². The smallest absolute Gasteiger partial charge is 0.329 e. The Labute approximate surface area is 152 Å². The number of carbonyl (C=O) groups is 1. The van der Waals surface area contributed by atoms with Gasteiger partial charge in [-0.3, -0.25) is 14.8 Å². The Hall–Kier alpha value is -3.27. The molecule has 0 unspecified atom stereocenters. The number of rotatable bonds is 5. The molecule has 9 nitrogen and oxygen atoms in total. The lowest BCUT2D eigenvalue weighted by molar-refractivity contribution is -0.384. The fourth-order valence-corrected chi connectivity index (χ4v) is 3.01. The van der Waals surface area contributed by atoms with Crippen molar-refractivity contribution in [2.75, 3.05) is 12.4 Å². The van der Waals surface area contributed by atoms with Gasteiger partial charge in [0.25, 0.3) is 5.69 Å². The third-order valence-electron chi connectivity index (χ3n) is 3.62. The zero-order valence-corrected chi connectivity index (χ0v) is 14.7. The van der Waals surface area contributed by atoms with Crippen molar-refractivity contribution in [3.05, 3.63) is 52.8 Å². The number of non-ortho nitro benzene ring substituents is 1. The van der Waals surface area contributed by atoms with E-state index in [1.54, 1.807) is 6.33 Å². The number of carbonyl (C=O) groups excluding carboxylic acids is 1. The summed E-state index contributed by atoms with van der Waals surface area (Å²) in [5, 5.41) is 13.4. The normalized spacial score (nSPS) is 10.5. The summed E-state index contributed by atoms with van der Waals surface area (Å²) in [6.07, 6.45) is 1.70. The van der Waals surface area contributed by atoms with Crippen LogP contribution < -0.4 is 14.8 Å². The predicted molar refractivity (Wildman–Crippen MR) is 98.4 cm³/mol. The Bertz CT molecular complexity index is 988. The van der Waals surface area contributed by atoms with Crippen LogP contribution in [0.4, 0.5) is 16.2 Å². The molecule has 0 bridgehead atoms. The molecule has 0 atom stereocenters. The highest BCUT2D eigenvalue weighted by Gasteiger charge is 2.14. The summed E-state index contributed by atoms with van der Waals surface area (Å²) >= 11 is 1.13. The van der Waals surface area contributed by atoms with Gasteiger partial charge in [-0.05, 0) is 30.1 Å². The average Bonchev–Trinajstić information content (AvgIpc) is 3.02. The lowest BCUT2D eigenvalue weighted by Crippen LogP contribution is -2.23. The number of amides is 2. The number of aromatic nitrogens is 2. The number of nitro benzene ring substituents is 1. The van der Waals surface area contributed by atoms with E-state index in [-0.39, 0.29) is 11.4 Å². The highest BCUT2D eigenvalue weighted by atomic mass is 32.2. The molecular formula is C16H15N5O4S. The molecule has 2 N–H and O–H groups in total. The van der Waals surface area contributed by atoms with E-state index in [0.29, 0.717) is 5.69 Å². The van der Waals surface area contributed by atoms with Crippen LogP contribution in [0.5, 0.6) is 5.75 Å². The van der Waals surface area contributed by atoms with Crippen molar-refractivity contribution >= 4 is 40.4 Å². The lowest BCUT2D eigenvalue weighted by Gasteiger charge is -2.10. The number of hydrogen-bond donors (Lipinski definition) is 2. The summed E-state index contributed by atoms with van der Waals surface area (Å²) < 4.78 is 9.65. The van der Waals surface area contributed by atoms with Crippen molar-refractivity contribution in [2.45, 2.75) is 4.90 Å². The van der Waals surface area contributed by atoms with E-state index in [1.165, 1.54) is 25.3 Å². The lowest BCUT2D eigenvalue weighted by atomic mass is 10.2. The fourth-order valence-electron chi connectivity index (χ4n) is 2.36. The molecule has 0 saturated heterocycles. The van der Waals surface area contributed by atoms with Crippen molar-refractivity contribution in [3.8, 4) is 5.75 Å². The van der Waals surface area contributed by atoms with E-state index in [0.717, 1.165) is 27.9 Å². The summed E-state index contributed by atoms with van der Waals surface area (Å²) in [5.41, 5.74) is 1.94. The maximum Gasteiger partial charge on any atom is 0.329 e. The van der Waals surface area contributed by atoms with Gasteiger partial charge >= 0.3 is 6.03 Å². The molecule has 10 heteroatoms. The Kier molecular flexibility index (Phi) is 4.94. The number of nitro groups is 1. The summed E-state index contributed by atoms with van der Waals surface area (Å²) in [6.45, 7) is 0. The van der Waals surface area contributed by atoms with Gasteiger partial charge in [0.2, 0.25) is 0 Å². The van der Waals surface area contributed by atoms with Crippen molar-refractivity contribution in [2.24, 2.45) is 7.05 Å². The van der Waals surface area contributed by atoms with Crippen LogP contribution >= 0.6 is 11.9 Å². The van der Waals surface area contributed by atoms with Crippen LogP contribution in [0.2, 0.25) is 0 Å². The topological polar surface area (TPSA) is 111 Å². The van der Waals surface area contributed by atoms with Gasteiger partial charge in [0.1, 0.15) is 11.3 Å². The molecular weight excluding hydrogens is 358 g/mol. The number of para-hydroxylation sites is 1. The van der Waals surface area contributed by atoms with Crippen LogP contribution in [0.3, 0.4) is 0 Å². The maximum absolute atomic E-state index is 12.2.